The van der Waals surface area contributed by atoms with Gasteiger partial charge in [-0.25, -0.2) is 13.4 Å². The summed E-state index contributed by atoms with van der Waals surface area (Å²) in [4.78, 5) is 16.8. The molecule has 2 aromatic heterocycles. The number of hydrogen-bond donors (Lipinski definition) is 2. The number of nitrogens with zero attached hydrogens (tertiary/aromatic N) is 2. The molecule has 0 fully saturated rings. The molecule has 29 heavy (non-hydrogen) atoms. The lowest BCUT2D eigenvalue weighted by molar-refractivity contribution is -0.117. The molecule has 4 rings (SSSR count). The van der Waals surface area contributed by atoms with Gasteiger partial charge in [0.25, 0.3) is 0 Å². The highest BCUT2D eigenvalue weighted by atomic mass is 32.2. The Morgan fingerprint density at radius 1 is 1.21 bits per heavy atom. The molecule has 1 aromatic carbocycles. The molecular formula is C17H18N4O6S2. The monoisotopic (exact) mass is 438 g/mol. The predicted octanol–water partition coefficient (Wildman–Crippen LogP) is 1.98. The molecule has 10 nitrogen and oxygen atoms in total. The third kappa shape index (κ3) is 3.78. The molecule has 0 radical (unpaired) electrons. The highest BCUT2D eigenvalue weighted by Crippen LogP contribution is 2.37. The van der Waals surface area contributed by atoms with Crippen molar-refractivity contribution in [2.24, 2.45) is 0 Å². The molecule has 12 heteroatoms. The number of benzene rings is 1. The summed E-state index contributed by atoms with van der Waals surface area (Å²) in [6.45, 7) is 5.40. The normalized spacial score (nSPS) is 14.7. The van der Waals surface area contributed by atoms with Gasteiger partial charge in [-0.3, -0.25) is 4.79 Å². The Hall–Kier alpha value is -2.70. The maximum absolute atomic E-state index is 12.6. The average Bonchev–Trinajstić information content (AvgIpc) is 3.20. The van der Waals surface area contributed by atoms with Gasteiger partial charge in [0.05, 0.1) is 16.3 Å². The number of hydrogen-bond acceptors (Lipinski definition) is 9. The number of amides is 1. The van der Waals surface area contributed by atoms with Gasteiger partial charge < -0.3 is 19.3 Å². The van der Waals surface area contributed by atoms with Crippen molar-refractivity contribution in [3.05, 3.63) is 23.6 Å². The van der Waals surface area contributed by atoms with Crippen molar-refractivity contribution in [1.82, 2.24) is 14.9 Å². The Morgan fingerprint density at radius 2 is 1.90 bits per heavy atom. The van der Waals surface area contributed by atoms with Gasteiger partial charge in [0, 0.05) is 12.1 Å². The van der Waals surface area contributed by atoms with Gasteiger partial charge >= 0.3 is 0 Å². The minimum Gasteiger partial charge on any atom is -0.486 e. The van der Waals surface area contributed by atoms with Gasteiger partial charge in [-0.2, -0.15) is 4.72 Å². The van der Waals surface area contributed by atoms with Crippen molar-refractivity contribution in [2.75, 3.05) is 18.5 Å². The quantitative estimate of drug-likeness (QED) is 0.618. The van der Waals surface area contributed by atoms with Crippen molar-refractivity contribution in [1.29, 1.82) is 0 Å². The van der Waals surface area contributed by atoms with Crippen LogP contribution in [0.5, 0.6) is 11.5 Å². The second-order valence-electron chi connectivity index (χ2n) is 6.47. The molecule has 0 saturated heterocycles. The van der Waals surface area contributed by atoms with E-state index in [2.05, 4.69) is 20.2 Å². The fourth-order valence-corrected chi connectivity index (χ4v) is 5.35. The zero-order valence-electron chi connectivity index (χ0n) is 15.8. The lowest BCUT2D eigenvalue weighted by atomic mass is 10.3. The van der Waals surface area contributed by atoms with Crippen LogP contribution in [0, 0.1) is 13.8 Å². The number of carbonyl (C=O) groups is 1. The third-order valence-corrected chi connectivity index (χ3v) is 6.96. The SMILES string of the molecule is Cc1noc(C)c1S(=O)(=O)N[C@@H](C)C(=O)Nc1nc2cc3c(cc2s1)OCCO3. The van der Waals surface area contributed by atoms with Crippen LogP contribution in [0.25, 0.3) is 10.2 Å². The fraction of sp³-hybridized carbons (Fsp3) is 0.353. The third-order valence-electron chi connectivity index (χ3n) is 4.24. The fourth-order valence-electron chi connectivity index (χ4n) is 2.94. The van der Waals surface area contributed by atoms with Crippen molar-refractivity contribution < 1.29 is 27.2 Å². The zero-order chi connectivity index (χ0) is 20.8. The second-order valence-corrected chi connectivity index (χ2v) is 9.15. The molecule has 1 aliphatic heterocycles. The number of sulfonamides is 1. The van der Waals surface area contributed by atoms with E-state index in [1.165, 1.54) is 32.1 Å². The number of rotatable bonds is 5. The summed E-state index contributed by atoms with van der Waals surface area (Å²) < 4.78 is 44.2. The minimum atomic E-state index is -3.97. The number of fused-ring (bicyclic) bond motifs is 2. The van der Waals surface area contributed by atoms with E-state index in [1.54, 1.807) is 12.1 Å². The van der Waals surface area contributed by atoms with E-state index >= 15 is 0 Å². The maximum atomic E-state index is 12.6. The van der Waals surface area contributed by atoms with E-state index in [0.717, 1.165) is 4.70 Å². The summed E-state index contributed by atoms with van der Waals surface area (Å²) >= 11 is 1.26. The first-order chi connectivity index (χ1) is 13.7. The number of nitrogens with one attached hydrogen (secondary N) is 2. The van der Waals surface area contributed by atoms with Crippen LogP contribution in [0.1, 0.15) is 18.4 Å². The molecule has 2 N–H and O–H groups in total. The summed E-state index contributed by atoms with van der Waals surface area (Å²) in [7, 11) is -3.97. The van der Waals surface area contributed by atoms with Gasteiger partial charge in [-0.05, 0) is 20.8 Å². The van der Waals surface area contributed by atoms with Crippen LogP contribution in [-0.2, 0) is 14.8 Å². The van der Waals surface area contributed by atoms with Crippen LogP contribution in [0.2, 0.25) is 0 Å². The van der Waals surface area contributed by atoms with E-state index in [9.17, 15) is 13.2 Å². The molecule has 0 spiro atoms. The number of anilines is 1. The summed E-state index contributed by atoms with van der Waals surface area (Å²) in [5.74, 6) is 0.845. The molecule has 0 aliphatic carbocycles. The Labute approximate surface area is 170 Å². The molecule has 3 heterocycles. The van der Waals surface area contributed by atoms with E-state index in [1.807, 2.05) is 0 Å². The summed E-state index contributed by atoms with van der Waals surface area (Å²) in [5, 5.41) is 6.62. The largest absolute Gasteiger partial charge is 0.486 e. The van der Waals surface area contributed by atoms with Crippen LogP contribution < -0.4 is 19.5 Å². The summed E-state index contributed by atoms with van der Waals surface area (Å²) in [6.07, 6.45) is 0. The second kappa shape index (κ2) is 7.28. The Balaban J connectivity index is 1.50. The van der Waals surface area contributed by atoms with E-state index in [0.29, 0.717) is 35.4 Å². The maximum Gasteiger partial charge on any atom is 0.246 e. The van der Waals surface area contributed by atoms with Crippen LogP contribution in [0.15, 0.2) is 21.6 Å². The van der Waals surface area contributed by atoms with Crippen molar-refractivity contribution in [3.8, 4) is 11.5 Å². The van der Waals surface area contributed by atoms with Crippen LogP contribution in [0.3, 0.4) is 0 Å². The topological polar surface area (TPSA) is 133 Å². The molecule has 3 aromatic rings. The Bertz CT molecular complexity index is 1140. The Morgan fingerprint density at radius 3 is 2.55 bits per heavy atom. The molecular weight excluding hydrogens is 420 g/mol. The summed E-state index contributed by atoms with van der Waals surface area (Å²) in [6, 6.07) is 2.51. The number of aryl methyl sites for hydroxylation is 2. The van der Waals surface area contributed by atoms with Gasteiger partial charge in [0.2, 0.25) is 15.9 Å². The van der Waals surface area contributed by atoms with E-state index in [4.69, 9.17) is 14.0 Å². The molecule has 0 unspecified atom stereocenters. The number of ether oxygens (including phenoxy) is 2. The summed E-state index contributed by atoms with van der Waals surface area (Å²) in [5.41, 5.74) is 0.876. The van der Waals surface area contributed by atoms with Gasteiger partial charge in [-0.15, -0.1) is 0 Å². The van der Waals surface area contributed by atoms with Crippen LogP contribution >= 0.6 is 11.3 Å². The van der Waals surface area contributed by atoms with Crippen LogP contribution in [0.4, 0.5) is 5.13 Å². The minimum absolute atomic E-state index is 0.0669. The zero-order valence-corrected chi connectivity index (χ0v) is 17.4. The van der Waals surface area contributed by atoms with Crippen molar-refractivity contribution in [3.63, 3.8) is 0 Å². The van der Waals surface area contributed by atoms with Gasteiger partial charge in [0.15, 0.2) is 22.4 Å². The van der Waals surface area contributed by atoms with E-state index in [-0.39, 0.29) is 16.3 Å². The lowest BCUT2D eigenvalue weighted by Crippen LogP contribution is -2.41. The van der Waals surface area contributed by atoms with E-state index < -0.39 is 22.0 Å². The first kappa shape index (κ1) is 19.6. The van der Waals surface area contributed by atoms with Gasteiger partial charge in [-0.1, -0.05) is 16.5 Å². The smallest absolute Gasteiger partial charge is 0.246 e. The number of aromatic nitrogens is 2. The molecule has 154 valence electrons. The van der Waals surface area contributed by atoms with Crippen LogP contribution in [-0.4, -0.2) is 43.7 Å². The van der Waals surface area contributed by atoms with Crippen molar-refractivity contribution >= 4 is 42.6 Å². The average molecular weight is 438 g/mol. The molecule has 0 bridgehead atoms. The Kier molecular flexibility index (Phi) is 4.92. The van der Waals surface area contributed by atoms with Gasteiger partial charge in [0.1, 0.15) is 23.8 Å². The number of thiazole rings is 1. The van der Waals surface area contributed by atoms with Crippen molar-refractivity contribution in [2.45, 2.75) is 31.7 Å². The highest BCUT2D eigenvalue weighted by Gasteiger charge is 2.28. The standard InChI is InChI=1S/C17H18N4O6S2/c1-8-15(10(3)27-20-8)29(23,24)21-9(2)16(22)19-17-18-11-6-12-13(7-14(11)28-17)26-5-4-25-12/h6-7,9,21H,4-5H2,1-3H3,(H,18,19,22)/t9-/m0/s1. The first-order valence-corrected chi connectivity index (χ1v) is 11.0. The molecule has 1 amide bonds. The molecule has 1 aliphatic rings. The lowest BCUT2D eigenvalue weighted by Gasteiger charge is -2.17. The predicted molar refractivity (Wildman–Crippen MR) is 105 cm³/mol. The highest BCUT2D eigenvalue weighted by molar-refractivity contribution is 7.89. The molecule has 0 saturated carbocycles. The first-order valence-electron chi connectivity index (χ1n) is 8.71. The molecule has 1 atom stereocenters. The number of carbonyl (C=O) groups excluding carboxylic acids is 1.